The molecule has 2 aromatic carbocycles. The lowest BCUT2D eigenvalue weighted by atomic mass is 9.97. The van der Waals surface area contributed by atoms with E-state index in [1.807, 2.05) is 48.5 Å². The number of anilines is 1. The van der Waals surface area contributed by atoms with Gasteiger partial charge in [-0.3, -0.25) is 9.59 Å². The highest BCUT2D eigenvalue weighted by atomic mass is 32.2. The number of methoxy groups -OCH3 is 1. The van der Waals surface area contributed by atoms with Crippen molar-refractivity contribution in [3.63, 3.8) is 0 Å². The maximum absolute atomic E-state index is 13.0. The van der Waals surface area contributed by atoms with E-state index in [1.54, 1.807) is 19.2 Å². The largest absolute Gasteiger partial charge is 0.495 e. The van der Waals surface area contributed by atoms with Crippen molar-refractivity contribution in [2.75, 3.05) is 18.2 Å². The normalized spacial score (nSPS) is 14.9. The number of hydrogen-bond acceptors (Lipinski definition) is 6. The first-order chi connectivity index (χ1) is 17.6. The fraction of sp³-hybridized carbons (Fsp3) is 0.393. The van der Waals surface area contributed by atoms with Crippen LogP contribution in [0.15, 0.2) is 65.2 Å². The first-order valence-corrected chi connectivity index (χ1v) is 13.4. The van der Waals surface area contributed by atoms with Crippen molar-refractivity contribution in [2.45, 2.75) is 57.5 Å². The number of para-hydroxylation sites is 2. The Morgan fingerprint density at radius 3 is 2.36 bits per heavy atom. The molecular weight excluding hydrogens is 472 g/mol. The molecule has 0 radical (unpaired) electrons. The van der Waals surface area contributed by atoms with E-state index in [9.17, 15) is 14.9 Å². The van der Waals surface area contributed by atoms with E-state index >= 15 is 0 Å². The Morgan fingerprint density at radius 2 is 1.67 bits per heavy atom. The molecule has 0 saturated heterocycles. The number of nitrogens with zero attached hydrogens (tertiary/aromatic N) is 1. The molecule has 1 aliphatic carbocycles. The molecule has 0 aromatic heterocycles. The van der Waals surface area contributed by atoms with E-state index in [0.717, 1.165) is 43.0 Å². The molecule has 0 spiro atoms. The van der Waals surface area contributed by atoms with Gasteiger partial charge >= 0.3 is 0 Å². The Hall–Kier alpha value is -3.44. The van der Waals surface area contributed by atoms with Crippen LogP contribution in [0.25, 0.3) is 0 Å². The van der Waals surface area contributed by atoms with E-state index in [2.05, 4.69) is 16.0 Å². The number of rotatable bonds is 10. The molecule has 2 amide bonds. The third kappa shape index (κ3) is 8.65. The molecule has 36 heavy (non-hydrogen) atoms. The second-order valence-electron chi connectivity index (χ2n) is 8.71. The van der Waals surface area contributed by atoms with Crippen LogP contribution in [0.5, 0.6) is 5.75 Å². The Kier molecular flexibility index (Phi) is 11.2. The molecule has 2 aromatic rings. The summed E-state index contributed by atoms with van der Waals surface area (Å²) >= 11 is 1.14. The van der Waals surface area contributed by atoms with Crippen molar-refractivity contribution in [1.82, 2.24) is 10.6 Å². The lowest BCUT2D eigenvalue weighted by Gasteiger charge is -2.21. The quantitative estimate of drug-likeness (QED) is 0.305. The zero-order valence-electron chi connectivity index (χ0n) is 20.7. The van der Waals surface area contributed by atoms with Crippen LogP contribution in [0, 0.1) is 11.3 Å². The van der Waals surface area contributed by atoms with Gasteiger partial charge in [0.05, 0.1) is 23.6 Å². The third-order valence-corrected chi connectivity index (χ3v) is 7.04. The van der Waals surface area contributed by atoms with E-state index in [-0.39, 0.29) is 23.3 Å². The number of benzene rings is 2. The van der Waals surface area contributed by atoms with Gasteiger partial charge in [0, 0.05) is 12.6 Å². The summed E-state index contributed by atoms with van der Waals surface area (Å²) in [6, 6.07) is 18.9. The Labute approximate surface area is 217 Å². The summed E-state index contributed by atoms with van der Waals surface area (Å²) in [6.07, 6.45) is 7.91. The van der Waals surface area contributed by atoms with E-state index < -0.39 is 5.91 Å². The van der Waals surface area contributed by atoms with Gasteiger partial charge in [-0.15, -0.1) is 0 Å². The molecular formula is C28H34N4O3S. The lowest BCUT2D eigenvalue weighted by Crippen LogP contribution is -2.36. The van der Waals surface area contributed by atoms with E-state index in [0.29, 0.717) is 23.0 Å². The molecule has 3 rings (SSSR count). The lowest BCUT2D eigenvalue weighted by molar-refractivity contribution is -0.119. The van der Waals surface area contributed by atoms with Crippen molar-refractivity contribution in [1.29, 1.82) is 5.26 Å². The zero-order chi connectivity index (χ0) is 25.6. The fourth-order valence-corrected chi connectivity index (χ4v) is 4.94. The molecule has 8 heteroatoms. The summed E-state index contributed by atoms with van der Waals surface area (Å²) in [5.41, 5.74) is 1.45. The van der Waals surface area contributed by atoms with Crippen molar-refractivity contribution >= 4 is 29.3 Å². The van der Waals surface area contributed by atoms with Crippen molar-refractivity contribution < 1.29 is 14.3 Å². The Bertz CT molecular complexity index is 1070. The van der Waals surface area contributed by atoms with Gasteiger partial charge in [0.25, 0.3) is 5.91 Å². The average Bonchev–Trinajstić information content (AvgIpc) is 2.88. The minimum Gasteiger partial charge on any atom is -0.495 e. The van der Waals surface area contributed by atoms with Crippen molar-refractivity contribution in [3.05, 3.63) is 70.8 Å². The summed E-state index contributed by atoms with van der Waals surface area (Å²) in [5.74, 6) is 0.0422. The molecule has 7 nitrogen and oxygen atoms in total. The number of thioether (sulfide) groups is 1. The molecule has 1 aliphatic rings. The van der Waals surface area contributed by atoms with Crippen LogP contribution in [0.4, 0.5) is 5.69 Å². The minimum absolute atomic E-state index is 0.0828. The van der Waals surface area contributed by atoms with Crippen LogP contribution in [0.3, 0.4) is 0 Å². The highest BCUT2D eigenvalue weighted by molar-refractivity contribution is 8.03. The predicted octanol–water partition coefficient (Wildman–Crippen LogP) is 5.12. The summed E-state index contributed by atoms with van der Waals surface area (Å²) in [6.45, 7) is 0.291. The van der Waals surface area contributed by atoms with Gasteiger partial charge in [-0.05, 0) is 30.5 Å². The molecule has 1 saturated carbocycles. The predicted molar refractivity (Wildman–Crippen MR) is 144 cm³/mol. The number of hydrogen-bond donors (Lipinski definition) is 3. The third-order valence-electron chi connectivity index (χ3n) is 6.03. The van der Waals surface area contributed by atoms with Crippen LogP contribution in [0.2, 0.25) is 0 Å². The number of carbonyl (C=O) groups excluding carboxylic acids is 2. The van der Waals surface area contributed by atoms with Crippen LogP contribution >= 0.6 is 11.8 Å². The molecule has 190 valence electrons. The standard InChI is InChI=1S/C28H34N4O3S/c1-35-25-17-11-10-16-24(25)32-28(23(18-29)27(34)30-19-21-12-6-5-7-13-21)36-20-26(33)31-22-14-8-3-2-4-9-15-22/h5-7,10-13,16-17,22,32H,2-4,8-9,14-15,19-20H2,1H3,(H,30,34)(H,31,33)/b28-23+. The van der Waals surface area contributed by atoms with E-state index in [1.165, 1.54) is 19.3 Å². The topological polar surface area (TPSA) is 103 Å². The van der Waals surface area contributed by atoms with Crippen LogP contribution in [-0.4, -0.2) is 30.7 Å². The van der Waals surface area contributed by atoms with Gasteiger partial charge in [0.2, 0.25) is 5.91 Å². The Balaban J connectivity index is 1.74. The molecule has 0 atom stereocenters. The second-order valence-corrected chi connectivity index (χ2v) is 9.69. The number of amides is 2. The van der Waals surface area contributed by atoms with Crippen molar-refractivity contribution in [3.8, 4) is 11.8 Å². The average molecular weight is 507 g/mol. The summed E-state index contributed by atoms with van der Waals surface area (Å²) in [4.78, 5) is 25.8. The van der Waals surface area contributed by atoms with Gasteiger partial charge in [-0.2, -0.15) is 5.26 Å². The molecule has 0 unspecified atom stereocenters. The van der Waals surface area contributed by atoms with Gasteiger partial charge in [-0.1, -0.05) is 86.3 Å². The minimum atomic E-state index is -0.508. The highest BCUT2D eigenvalue weighted by Gasteiger charge is 2.20. The van der Waals surface area contributed by atoms with E-state index in [4.69, 9.17) is 4.74 Å². The molecule has 1 fully saturated rings. The zero-order valence-corrected chi connectivity index (χ0v) is 21.5. The van der Waals surface area contributed by atoms with Gasteiger partial charge in [0.1, 0.15) is 17.4 Å². The summed E-state index contributed by atoms with van der Waals surface area (Å²) < 4.78 is 5.42. The molecule has 0 aliphatic heterocycles. The first kappa shape index (κ1) is 27.2. The van der Waals surface area contributed by atoms with Crippen LogP contribution < -0.4 is 20.7 Å². The number of nitriles is 1. The number of nitrogens with one attached hydrogen (secondary N) is 3. The number of ether oxygens (including phenoxy) is 1. The number of carbonyl (C=O) groups is 2. The molecule has 0 heterocycles. The summed E-state index contributed by atoms with van der Waals surface area (Å²) in [5, 5.41) is 19.3. The maximum Gasteiger partial charge on any atom is 0.264 e. The maximum atomic E-state index is 13.0. The summed E-state index contributed by atoms with van der Waals surface area (Å²) in [7, 11) is 1.55. The SMILES string of the molecule is COc1ccccc1N/C(SCC(=O)NC1CCCCCCC1)=C(/C#N)C(=O)NCc1ccccc1. The second kappa shape index (κ2) is 14.8. The monoisotopic (exact) mass is 506 g/mol. The fourth-order valence-electron chi connectivity index (χ4n) is 4.12. The van der Waals surface area contributed by atoms with Crippen LogP contribution in [-0.2, 0) is 16.1 Å². The molecule has 3 N–H and O–H groups in total. The van der Waals surface area contributed by atoms with Gasteiger partial charge in [-0.25, -0.2) is 0 Å². The highest BCUT2D eigenvalue weighted by Crippen LogP contribution is 2.29. The van der Waals surface area contributed by atoms with Crippen LogP contribution in [0.1, 0.15) is 50.5 Å². The Morgan fingerprint density at radius 1 is 1.00 bits per heavy atom. The first-order valence-electron chi connectivity index (χ1n) is 12.4. The van der Waals surface area contributed by atoms with Gasteiger partial charge < -0.3 is 20.7 Å². The van der Waals surface area contributed by atoms with Crippen molar-refractivity contribution in [2.24, 2.45) is 0 Å². The molecule has 0 bridgehead atoms. The smallest absolute Gasteiger partial charge is 0.264 e. The van der Waals surface area contributed by atoms with Gasteiger partial charge in [0.15, 0.2) is 0 Å².